The Morgan fingerprint density at radius 2 is 1.73 bits per heavy atom. The van der Waals surface area contributed by atoms with Crippen LogP contribution in [0.25, 0.3) is 11.4 Å². The van der Waals surface area contributed by atoms with Gasteiger partial charge in [0, 0.05) is 12.2 Å². The molecule has 2 fully saturated rings. The van der Waals surface area contributed by atoms with Gasteiger partial charge >= 0.3 is 7.12 Å². The average molecular weight is 355 g/mol. The third-order valence-electron chi connectivity index (χ3n) is 5.73. The molecule has 2 saturated heterocycles. The molecule has 3 heterocycles. The van der Waals surface area contributed by atoms with Crippen LogP contribution in [0.3, 0.4) is 0 Å². The fourth-order valence-electron chi connectivity index (χ4n) is 3.37. The Bertz CT molecular complexity index is 751. The molecule has 0 spiro atoms. The second-order valence-corrected chi connectivity index (χ2v) is 8.09. The van der Waals surface area contributed by atoms with Crippen LogP contribution >= 0.6 is 0 Å². The highest BCUT2D eigenvalue weighted by atomic mass is 16.7. The zero-order chi connectivity index (χ0) is 18.4. The number of rotatable bonds is 3. The van der Waals surface area contributed by atoms with Crippen molar-refractivity contribution in [1.82, 2.24) is 14.8 Å². The summed E-state index contributed by atoms with van der Waals surface area (Å²) in [7, 11) is -0.353. The zero-order valence-electron chi connectivity index (χ0n) is 15.9. The van der Waals surface area contributed by atoms with Crippen LogP contribution in [0, 0.1) is 0 Å². The van der Waals surface area contributed by atoms with Crippen LogP contribution in [0.15, 0.2) is 30.6 Å². The lowest BCUT2D eigenvalue weighted by Gasteiger charge is -2.32. The molecule has 1 aromatic heterocycles. The highest BCUT2D eigenvalue weighted by Gasteiger charge is 2.51. The molecule has 7 heteroatoms. The van der Waals surface area contributed by atoms with E-state index in [0.717, 1.165) is 36.3 Å². The molecule has 0 aliphatic carbocycles. The maximum absolute atomic E-state index is 6.12. The summed E-state index contributed by atoms with van der Waals surface area (Å²) < 4.78 is 20.2. The summed E-state index contributed by atoms with van der Waals surface area (Å²) in [5.74, 6) is 0.831. The van der Waals surface area contributed by atoms with Crippen molar-refractivity contribution in [2.24, 2.45) is 0 Å². The van der Waals surface area contributed by atoms with E-state index in [9.17, 15) is 0 Å². The van der Waals surface area contributed by atoms with E-state index >= 15 is 0 Å². The fourth-order valence-corrected chi connectivity index (χ4v) is 3.37. The second-order valence-electron chi connectivity index (χ2n) is 8.09. The molecule has 138 valence electrons. The van der Waals surface area contributed by atoms with Gasteiger partial charge in [-0.1, -0.05) is 24.3 Å². The second kappa shape index (κ2) is 6.48. The van der Waals surface area contributed by atoms with E-state index in [4.69, 9.17) is 14.0 Å². The van der Waals surface area contributed by atoms with Crippen molar-refractivity contribution in [3.63, 3.8) is 0 Å². The quantitative estimate of drug-likeness (QED) is 0.793. The summed E-state index contributed by atoms with van der Waals surface area (Å²) in [6, 6.07) is 8.17. The topological polar surface area (TPSA) is 58.4 Å². The van der Waals surface area contributed by atoms with Crippen molar-refractivity contribution in [3.8, 4) is 11.4 Å². The van der Waals surface area contributed by atoms with Crippen LogP contribution in [0.4, 0.5) is 0 Å². The molecule has 4 rings (SSSR count). The Kier molecular flexibility index (Phi) is 4.41. The third kappa shape index (κ3) is 3.08. The first-order valence-electron chi connectivity index (χ1n) is 9.34. The van der Waals surface area contributed by atoms with Gasteiger partial charge in [0.15, 0.2) is 5.82 Å². The zero-order valence-corrected chi connectivity index (χ0v) is 15.9. The molecule has 2 aromatic rings. The highest BCUT2D eigenvalue weighted by molar-refractivity contribution is 6.62. The van der Waals surface area contributed by atoms with Crippen molar-refractivity contribution < 1.29 is 14.0 Å². The summed E-state index contributed by atoms with van der Waals surface area (Å²) in [4.78, 5) is 0. The van der Waals surface area contributed by atoms with E-state index < -0.39 is 0 Å². The molecular formula is C19H26BN3O3. The van der Waals surface area contributed by atoms with E-state index in [1.54, 1.807) is 6.33 Å². The Labute approximate surface area is 155 Å². The van der Waals surface area contributed by atoms with Crippen LogP contribution in [-0.4, -0.2) is 39.7 Å². The third-order valence-corrected chi connectivity index (χ3v) is 5.73. The Morgan fingerprint density at radius 1 is 1.04 bits per heavy atom. The monoisotopic (exact) mass is 355 g/mol. The lowest BCUT2D eigenvalue weighted by Crippen LogP contribution is -2.41. The summed E-state index contributed by atoms with van der Waals surface area (Å²) in [6.07, 6.45) is 5.07. The molecule has 1 aromatic carbocycles. The number of ether oxygens (including phenoxy) is 1. The molecular weight excluding hydrogens is 329 g/mol. The van der Waals surface area contributed by atoms with E-state index in [1.807, 2.05) is 28.8 Å². The highest BCUT2D eigenvalue weighted by Crippen LogP contribution is 2.36. The van der Waals surface area contributed by atoms with E-state index in [1.165, 1.54) is 6.42 Å². The van der Waals surface area contributed by atoms with Crippen molar-refractivity contribution in [3.05, 3.63) is 30.6 Å². The molecule has 0 amide bonds. The maximum atomic E-state index is 6.12. The molecule has 2 aliphatic heterocycles. The van der Waals surface area contributed by atoms with Crippen molar-refractivity contribution in [2.45, 2.75) is 64.4 Å². The standard InChI is InChI=1S/C19H26BN3O3/c1-18(2)19(3,4)26-20(25-18)15-10-8-14(9-11-15)17-22-21-13-23(17)16-7-5-6-12-24-16/h8-11,13,16H,5-7,12H2,1-4H3. The Morgan fingerprint density at radius 3 is 2.35 bits per heavy atom. The number of hydrogen-bond donors (Lipinski definition) is 0. The normalized spacial score (nSPS) is 24.8. The van der Waals surface area contributed by atoms with Gasteiger partial charge < -0.3 is 14.0 Å². The van der Waals surface area contributed by atoms with Gasteiger partial charge in [-0.2, -0.15) is 0 Å². The smallest absolute Gasteiger partial charge is 0.399 e. The van der Waals surface area contributed by atoms with Crippen molar-refractivity contribution in [2.75, 3.05) is 6.61 Å². The SMILES string of the molecule is CC1(C)OB(c2ccc(-c3nncn3C3CCCCO3)cc2)OC1(C)C. The molecule has 6 nitrogen and oxygen atoms in total. The first kappa shape index (κ1) is 17.7. The molecule has 1 unspecified atom stereocenters. The van der Waals surface area contributed by atoms with Gasteiger partial charge in [0.1, 0.15) is 12.6 Å². The first-order chi connectivity index (χ1) is 12.4. The number of benzene rings is 1. The first-order valence-corrected chi connectivity index (χ1v) is 9.34. The van der Waals surface area contributed by atoms with Crippen LogP contribution < -0.4 is 5.46 Å². The van der Waals surface area contributed by atoms with E-state index in [2.05, 4.69) is 37.9 Å². The fraction of sp³-hybridized carbons (Fsp3) is 0.579. The van der Waals surface area contributed by atoms with Gasteiger partial charge in [-0.3, -0.25) is 4.57 Å². The average Bonchev–Trinajstić information content (AvgIpc) is 3.18. The lowest BCUT2D eigenvalue weighted by atomic mass is 9.79. The molecule has 0 bridgehead atoms. The molecule has 1 atom stereocenters. The maximum Gasteiger partial charge on any atom is 0.494 e. The summed E-state index contributed by atoms with van der Waals surface area (Å²) in [5, 5.41) is 8.40. The molecule has 0 saturated carbocycles. The molecule has 26 heavy (non-hydrogen) atoms. The molecule has 2 aliphatic rings. The van der Waals surface area contributed by atoms with Crippen LogP contribution in [-0.2, 0) is 14.0 Å². The summed E-state index contributed by atoms with van der Waals surface area (Å²) in [6.45, 7) is 9.05. The Balaban J connectivity index is 1.55. The van der Waals surface area contributed by atoms with Gasteiger partial charge in [0.05, 0.1) is 11.2 Å². The number of nitrogens with zero attached hydrogens (tertiary/aromatic N) is 3. The van der Waals surface area contributed by atoms with E-state index in [0.29, 0.717) is 0 Å². The minimum absolute atomic E-state index is 0.0246. The Hall–Kier alpha value is -1.70. The number of aromatic nitrogens is 3. The predicted molar refractivity (Wildman–Crippen MR) is 100 cm³/mol. The van der Waals surface area contributed by atoms with E-state index in [-0.39, 0.29) is 24.5 Å². The van der Waals surface area contributed by atoms with Gasteiger partial charge in [-0.25, -0.2) is 0 Å². The minimum atomic E-state index is -0.353. The van der Waals surface area contributed by atoms with Gasteiger partial charge in [-0.15, -0.1) is 10.2 Å². The van der Waals surface area contributed by atoms with Gasteiger partial charge in [0.2, 0.25) is 0 Å². The number of hydrogen-bond acceptors (Lipinski definition) is 5. The largest absolute Gasteiger partial charge is 0.494 e. The van der Waals surface area contributed by atoms with Crippen LogP contribution in [0.5, 0.6) is 0 Å². The summed E-state index contributed by atoms with van der Waals surface area (Å²) >= 11 is 0. The minimum Gasteiger partial charge on any atom is -0.399 e. The predicted octanol–water partition coefficient (Wildman–Crippen LogP) is 2.94. The van der Waals surface area contributed by atoms with Crippen molar-refractivity contribution >= 4 is 12.6 Å². The van der Waals surface area contributed by atoms with Crippen LogP contribution in [0.2, 0.25) is 0 Å². The van der Waals surface area contributed by atoms with Crippen molar-refractivity contribution in [1.29, 1.82) is 0 Å². The van der Waals surface area contributed by atoms with Gasteiger partial charge in [-0.05, 0) is 52.4 Å². The van der Waals surface area contributed by atoms with Crippen LogP contribution in [0.1, 0.15) is 53.2 Å². The molecule has 0 radical (unpaired) electrons. The lowest BCUT2D eigenvalue weighted by molar-refractivity contribution is -0.0311. The summed E-state index contributed by atoms with van der Waals surface area (Å²) in [5.41, 5.74) is 1.34. The van der Waals surface area contributed by atoms with Gasteiger partial charge in [0.25, 0.3) is 0 Å². The molecule has 0 N–H and O–H groups in total.